The number of anilines is 3. The fraction of sp³-hybridized carbons (Fsp3) is 0.200. The number of para-hydroxylation sites is 1. The third-order valence-corrected chi connectivity index (χ3v) is 3.84. The highest BCUT2D eigenvalue weighted by atomic mass is 16.5. The minimum absolute atomic E-state index is 0.620. The second kappa shape index (κ2) is 8.26. The van der Waals surface area contributed by atoms with Crippen LogP contribution in [-0.4, -0.2) is 37.3 Å². The van der Waals surface area contributed by atoms with Gasteiger partial charge in [0.25, 0.3) is 0 Å². The quantitative estimate of drug-likeness (QED) is 0.663. The maximum Gasteiger partial charge on any atom is 0.232 e. The van der Waals surface area contributed by atoms with Crippen molar-refractivity contribution in [1.29, 1.82) is 0 Å². The summed E-state index contributed by atoms with van der Waals surface area (Å²) in [5.74, 6) is 1.43. The van der Waals surface area contributed by atoms with E-state index in [1.165, 1.54) is 0 Å². The number of benzene rings is 2. The first kappa shape index (κ1) is 16.9. The average Bonchev–Trinajstić information content (AvgIpc) is 2.69. The summed E-state index contributed by atoms with van der Waals surface area (Å²) in [6.45, 7) is 1.31. The lowest BCUT2D eigenvalue weighted by atomic mass is 10.1. The molecule has 0 spiro atoms. The number of ether oxygens (including phenoxy) is 1. The van der Waals surface area contributed by atoms with Crippen LogP contribution in [0, 0.1) is 0 Å². The Morgan fingerprint density at radius 2 is 1.64 bits per heavy atom. The van der Waals surface area contributed by atoms with Crippen LogP contribution in [-0.2, 0) is 4.74 Å². The van der Waals surface area contributed by atoms with E-state index in [1.807, 2.05) is 78.7 Å². The molecule has 3 rings (SSSR count). The Labute approximate surface area is 148 Å². The molecule has 3 aromatic rings. The first-order chi connectivity index (χ1) is 12.3. The van der Waals surface area contributed by atoms with Gasteiger partial charge >= 0.3 is 0 Å². The van der Waals surface area contributed by atoms with E-state index in [1.54, 1.807) is 7.11 Å². The monoisotopic (exact) mass is 334 g/mol. The van der Waals surface area contributed by atoms with E-state index in [-0.39, 0.29) is 0 Å². The van der Waals surface area contributed by atoms with E-state index in [4.69, 9.17) is 9.72 Å². The summed E-state index contributed by atoms with van der Waals surface area (Å²) in [4.78, 5) is 11.4. The Bertz CT molecular complexity index is 793. The Balaban J connectivity index is 1.97. The lowest BCUT2D eigenvalue weighted by Gasteiger charge is -2.19. The van der Waals surface area contributed by atoms with Gasteiger partial charge in [-0.3, -0.25) is 0 Å². The lowest BCUT2D eigenvalue weighted by Crippen LogP contribution is -2.16. The van der Waals surface area contributed by atoms with Gasteiger partial charge in [0.15, 0.2) is 0 Å². The van der Waals surface area contributed by atoms with Gasteiger partial charge in [0.1, 0.15) is 5.82 Å². The van der Waals surface area contributed by atoms with Gasteiger partial charge in [-0.1, -0.05) is 48.5 Å². The molecule has 0 fully saturated rings. The zero-order valence-electron chi connectivity index (χ0n) is 14.5. The Morgan fingerprint density at radius 1 is 0.960 bits per heavy atom. The van der Waals surface area contributed by atoms with E-state index in [0.29, 0.717) is 19.1 Å². The summed E-state index contributed by atoms with van der Waals surface area (Å²) < 4.78 is 5.11. The van der Waals surface area contributed by atoms with Crippen LogP contribution in [0.25, 0.3) is 11.3 Å². The second-order valence-electron chi connectivity index (χ2n) is 5.62. The molecule has 1 N–H and O–H groups in total. The second-order valence-corrected chi connectivity index (χ2v) is 5.62. The lowest BCUT2D eigenvalue weighted by molar-refractivity contribution is 0.210. The molecule has 1 aromatic heterocycles. The summed E-state index contributed by atoms with van der Waals surface area (Å²) in [6, 6.07) is 22.2. The van der Waals surface area contributed by atoms with Crippen LogP contribution in [0.4, 0.5) is 17.5 Å². The van der Waals surface area contributed by atoms with Crippen LogP contribution in [0.15, 0.2) is 66.7 Å². The Hall–Kier alpha value is -2.92. The van der Waals surface area contributed by atoms with Crippen molar-refractivity contribution < 1.29 is 4.74 Å². The van der Waals surface area contributed by atoms with Crippen molar-refractivity contribution in [1.82, 2.24) is 9.97 Å². The van der Waals surface area contributed by atoms with Gasteiger partial charge in [0.05, 0.1) is 12.3 Å². The van der Waals surface area contributed by atoms with Crippen molar-refractivity contribution in [3.05, 3.63) is 66.7 Å². The van der Waals surface area contributed by atoms with Crippen molar-refractivity contribution in [2.24, 2.45) is 0 Å². The number of methoxy groups -OCH3 is 1. The summed E-state index contributed by atoms with van der Waals surface area (Å²) in [5.41, 5.74) is 2.98. The molecule has 0 atom stereocenters. The van der Waals surface area contributed by atoms with Crippen molar-refractivity contribution >= 4 is 17.5 Å². The minimum Gasteiger partial charge on any atom is -0.383 e. The largest absolute Gasteiger partial charge is 0.383 e. The molecule has 0 amide bonds. The summed E-state index contributed by atoms with van der Waals surface area (Å²) in [5, 5.41) is 3.30. The van der Waals surface area contributed by atoms with Crippen molar-refractivity contribution in [3.8, 4) is 11.3 Å². The molecule has 0 bridgehead atoms. The first-order valence-corrected chi connectivity index (χ1v) is 8.24. The smallest absolute Gasteiger partial charge is 0.232 e. The molecule has 0 radical (unpaired) electrons. The molecule has 5 nitrogen and oxygen atoms in total. The molecular weight excluding hydrogens is 312 g/mol. The average molecular weight is 334 g/mol. The van der Waals surface area contributed by atoms with Gasteiger partial charge in [0.2, 0.25) is 5.95 Å². The number of nitrogens with zero attached hydrogens (tertiary/aromatic N) is 3. The number of hydrogen-bond acceptors (Lipinski definition) is 5. The van der Waals surface area contributed by atoms with Crippen LogP contribution in [0.3, 0.4) is 0 Å². The van der Waals surface area contributed by atoms with Gasteiger partial charge < -0.3 is 15.0 Å². The van der Waals surface area contributed by atoms with Crippen LogP contribution in [0.5, 0.6) is 0 Å². The van der Waals surface area contributed by atoms with E-state index < -0.39 is 0 Å². The maximum absolute atomic E-state index is 5.11. The van der Waals surface area contributed by atoms with E-state index in [9.17, 15) is 0 Å². The molecule has 0 saturated carbocycles. The van der Waals surface area contributed by atoms with Crippen LogP contribution in [0.1, 0.15) is 0 Å². The fourth-order valence-corrected chi connectivity index (χ4v) is 2.48. The highest BCUT2D eigenvalue weighted by Crippen LogP contribution is 2.26. The van der Waals surface area contributed by atoms with E-state index in [2.05, 4.69) is 10.3 Å². The number of rotatable bonds is 7. The van der Waals surface area contributed by atoms with Crippen LogP contribution in [0.2, 0.25) is 0 Å². The molecule has 128 valence electrons. The standard InChI is InChI=1S/C20H22N4O/c1-24(17-11-7-4-8-12-17)20-22-18(16-9-5-3-6-10-16)15-19(23-20)21-13-14-25-2/h3-12,15H,13-14H2,1-2H3,(H,21,22,23). The van der Waals surface area contributed by atoms with Gasteiger partial charge in [-0.15, -0.1) is 0 Å². The maximum atomic E-state index is 5.11. The Morgan fingerprint density at radius 3 is 2.32 bits per heavy atom. The van der Waals surface area contributed by atoms with Crippen molar-refractivity contribution in [2.75, 3.05) is 37.5 Å². The van der Waals surface area contributed by atoms with Gasteiger partial charge in [-0.2, -0.15) is 4.98 Å². The van der Waals surface area contributed by atoms with E-state index in [0.717, 1.165) is 22.8 Å². The minimum atomic E-state index is 0.620. The molecule has 25 heavy (non-hydrogen) atoms. The zero-order chi connectivity index (χ0) is 17.5. The summed E-state index contributed by atoms with van der Waals surface area (Å²) in [6.07, 6.45) is 0. The zero-order valence-corrected chi connectivity index (χ0v) is 14.5. The number of aromatic nitrogens is 2. The predicted octanol–water partition coefficient (Wildman–Crippen LogP) is 3.97. The molecule has 0 aliphatic rings. The molecule has 0 aliphatic carbocycles. The normalized spacial score (nSPS) is 10.5. The SMILES string of the molecule is COCCNc1cc(-c2ccccc2)nc(N(C)c2ccccc2)n1. The predicted molar refractivity (Wildman–Crippen MR) is 102 cm³/mol. The summed E-state index contributed by atoms with van der Waals surface area (Å²) >= 11 is 0. The van der Waals surface area contributed by atoms with Gasteiger partial charge in [-0.05, 0) is 12.1 Å². The van der Waals surface area contributed by atoms with Gasteiger partial charge in [0, 0.05) is 38.0 Å². The number of hydrogen-bond donors (Lipinski definition) is 1. The highest BCUT2D eigenvalue weighted by molar-refractivity contribution is 5.66. The molecule has 0 saturated heterocycles. The molecular formula is C20H22N4O. The van der Waals surface area contributed by atoms with Gasteiger partial charge in [-0.25, -0.2) is 4.98 Å². The molecule has 5 heteroatoms. The number of nitrogens with one attached hydrogen (secondary N) is 1. The first-order valence-electron chi connectivity index (χ1n) is 8.24. The molecule has 0 unspecified atom stereocenters. The third-order valence-electron chi connectivity index (χ3n) is 3.84. The van der Waals surface area contributed by atoms with Crippen molar-refractivity contribution in [2.45, 2.75) is 0 Å². The fourth-order valence-electron chi connectivity index (χ4n) is 2.48. The Kier molecular flexibility index (Phi) is 5.59. The topological polar surface area (TPSA) is 50.3 Å². The molecule has 2 aromatic carbocycles. The van der Waals surface area contributed by atoms with Crippen molar-refractivity contribution in [3.63, 3.8) is 0 Å². The molecule has 0 aliphatic heterocycles. The van der Waals surface area contributed by atoms with Crippen LogP contribution < -0.4 is 10.2 Å². The molecule has 1 heterocycles. The van der Waals surface area contributed by atoms with Crippen LogP contribution >= 0.6 is 0 Å². The highest BCUT2D eigenvalue weighted by Gasteiger charge is 2.11. The third kappa shape index (κ3) is 4.33. The van der Waals surface area contributed by atoms with E-state index >= 15 is 0 Å². The summed E-state index contributed by atoms with van der Waals surface area (Å²) in [7, 11) is 3.66.